The lowest BCUT2D eigenvalue weighted by atomic mass is 10.1. The molecule has 0 spiro atoms. The lowest BCUT2D eigenvalue weighted by Gasteiger charge is -2.30. The Morgan fingerprint density at radius 1 is 1.05 bits per heavy atom. The normalized spacial score (nSPS) is 17.9. The highest BCUT2D eigenvalue weighted by Crippen LogP contribution is 2.18. The van der Waals surface area contributed by atoms with Crippen molar-refractivity contribution in [3.63, 3.8) is 0 Å². The zero-order chi connectivity index (χ0) is 31.3. The zero-order valence-corrected chi connectivity index (χ0v) is 23.9. The topological polar surface area (TPSA) is 302 Å². The van der Waals surface area contributed by atoms with Crippen LogP contribution in [0.25, 0.3) is 0 Å². The minimum absolute atomic E-state index is 0.0775. The van der Waals surface area contributed by atoms with Gasteiger partial charge in [0.25, 0.3) is 10.1 Å². The molecule has 1 rings (SSSR count). The summed E-state index contributed by atoms with van der Waals surface area (Å²) in [6, 6.07) is -4.58. The third-order valence-corrected chi connectivity index (χ3v) is 6.87. The molecule has 0 aromatic heterocycles. The number of hydrogen-bond acceptors (Lipinski definition) is 10. The summed E-state index contributed by atoms with van der Waals surface area (Å²) in [4.78, 5) is 67.9. The lowest BCUT2D eigenvalue weighted by Crippen LogP contribution is -2.60. The maximum atomic E-state index is 12.9. The Labute approximate surface area is 238 Å². The van der Waals surface area contributed by atoms with Crippen LogP contribution in [-0.2, 0) is 34.1 Å². The summed E-state index contributed by atoms with van der Waals surface area (Å²) < 4.78 is 32.4. The van der Waals surface area contributed by atoms with Crippen LogP contribution in [0.2, 0.25) is 0 Å². The zero-order valence-electron chi connectivity index (χ0n) is 23.0. The number of nitrogens with two attached hydrogens (primary N) is 3. The number of aliphatic hydroxyl groups is 1. The van der Waals surface area contributed by atoms with Crippen molar-refractivity contribution in [2.24, 2.45) is 22.2 Å². The first-order chi connectivity index (χ1) is 19.0. The van der Waals surface area contributed by atoms with Gasteiger partial charge in [0.1, 0.15) is 23.9 Å². The van der Waals surface area contributed by atoms with Crippen LogP contribution in [0.15, 0.2) is 4.99 Å². The van der Waals surface area contributed by atoms with Gasteiger partial charge in [0, 0.05) is 19.1 Å². The van der Waals surface area contributed by atoms with E-state index in [1.165, 1.54) is 11.8 Å². The summed E-state index contributed by atoms with van der Waals surface area (Å²) >= 11 is 0. The number of nitrogens with one attached hydrogen (secondary N) is 4. The van der Waals surface area contributed by atoms with E-state index in [0.717, 1.165) is 12.8 Å². The van der Waals surface area contributed by atoms with Gasteiger partial charge in [-0.3, -0.25) is 33.5 Å². The van der Waals surface area contributed by atoms with Crippen LogP contribution in [0, 0.1) is 0 Å². The second kappa shape index (κ2) is 16.7. The summed E-state index contributed by atoms with van der Waals surface area (Å²) in [5.41, 5.74) is 15.8. The summed E-state index contributed by atoms with van der Waals surface area (Å²) in [5.74, 6) is -5.63. The molecule has 0 saturated carbocycles. The predicted octanol–water partition coefficient (Wildman–Crippen LogP) is -5.15. The van der Waals surface area contributed by atoms with E-state index < -0.39 is 82.7 Å². The minimum atomic E-state index is -4.80. The molecule has 5 unspecified atom stereocenters. The first kappa shape index (κ1) is 35.5. The average molecular weight is 608 g/mol. The fourth-order valence-corrected chi connectivity index (χ4v) is 4.69. The highest BCUT2D eigenvalue weighted by atomic mass is 32.2. The monoisotopic (exact) mass is 607 g/mol. The van der Waals surface area contributed by atoms with Gasteiger partial charge < -0.3 is 48.5 Å². The number of carbonyl (C=O) groups excluding carboxylic acids is 5. The highest BCUT2D eigenvalue weighted by Gasteiger charge is 2.36. The molecule has 0 aromatic rings. The fourth-order valence-electron chi connectivity index (χ4n) is 4.04. The molecular formula is C22H41N9O9S. The van der Waals surface area contributed by atoms with Gasteiger partial charge in [-0.2, -0.15) is 8.42 Å². The average Bonchev–Trinajstić information content (AvgIpc) is 3.31. The van der Waals surface area contributed by atoms with Gasteiger partial charge >= 0.3 is 0 Å². The number of aliphatic hydroxyl groups excluding tert-OH is 1. The van der Waals surface area contributed by atoms with Crippen molar-refractivity contribution >= 4 is 45.6 Å². The molecule has 18 nitrogen and oxygen atoms in total. The molecule has 1 fully saturated rings. The fraction of sp³-hybridized carbons (Fsp3) is 0.727. The van der Waals surface area contributed by atoms with Crippen molar-refractivity contribution < 1.29 is 42.0 Å². The van der Waals surface area contributed by atoms with Crippen LogP contribution in [0.1, 0.15) is 39.5 Å². The SMILES string of the molecule is CC(O)C(NC(=O)C(CS(=O)(=O)O)NC(=O)CNC(=O)C(CCCN=C(N)N)NC(=O)CN)C(=O)N1CCCC1C. The van der Waals surface area contributed by atoms with Crippen molar-refractivity contribution in [1.29, 1.82) is 0 Å². The largest absolute Gasteiger partial charge is 0.391 e. The van der Waals surface area contributed by atoms with E-state index in [2.05, 4.69) is 26.3 Å². The number of amides is 5. The van der Waals surface area contributed by atoms with E-state index in [1.807, 2.05) is 0 Å². The van der Waals surface area contributed by atoms with E-state index in [4.69, 9.17) is 17.2 Å². The number of guanidine groups is 1. The Hall–Kier alpha value is -3.55. The van der Waals surface area contributed by atoms with Crippen molar-refractivity contribution in [2.75, 3.05) is 31.9 Å². The van der Waals surface area contributed by atoms with Gasteiger partial charge in [-0.1, -0.05) is 0 Å². The van der Waals surface area contributed by atoms with Crippen LogP contribution in [0.4, 0.5) is 0 Å². The molecule has 19 heteroatoms. The second-order valence-electron chi connectivity index (χ2n) is 9.61. The molecule has 1 aliphatic rings. The molecule has 0 aliphatic carbocycles. The smallest absolute Gasteiger partial charge is 0.267 e. The number of carbonyl (C=O) groups is 5. The molecule has 0 aromatic carbocycles. The van der Waals surface area contributed by atoms with Gasteiger partial charge in [0.15, 0.2) is 5.96 Å². The highest BCUT2D eigenvalue weighted by molar-refractivity contribution is 7.85. The molecular weight excluding hydrogens is 566 g/mol. The third-order valence-electron chi connectivity index (χ3n) is 6.12. The van der Waals surface area contributed by atoms with Crippen LogP contribution in [0.3, 0.4) is 0 Å². The standard InChI is InChI=1S/C22H41N9O9S/c1-12-5-4-8-31(12)21(37)18(13(2)32)30-20(36)15(11-41(38,39)40)29-17(34)10-27-19(35)14(28-16(33)9-23)6-3-7-26-22(24)25/h12-15,18,32H,3-11,23H2,1-2H3,(H,27,35)(H,28,33)(H,29,34)(H,30,36)(H4,24,25,26)(H,38,39,40). The van der Waals surface area contributed by atoms with Crippen molar-refractivity contribution in [2.45, 2.75) is 69.8 Å². The van der Waals surface area contributed by atoms with Gasteiger partial charge in [-0.15, -0.1) is 0 Å². The van der Waals surface area contributed by atoms with Crippen molar-refractivity contribution in [3.05, 3.63) is 0 Å². The van der Waals surface area contributed by atoms with E-state index in [9.17, 15) is 42.0 Å². The Morgan fingerprint density at radius 2 is 1.68 bits per heavy atom. The Bertz CT molecular complexity index is 1080. The number of hydrogen-bond donors (Lipinski definition) is 9. The van der Waals surface area contributed by atoms with Crippen LogP contribution >= 0.6 is 0 Å². The third kappa shape index (κ3) is 13.1. The maximum Gasteiger partial charge on any atom is 0.267 e. The molecule has 1 heterocycles. The Morgan fingerprint density at radius 3 is 2.20 bits per heavy atom. The Kier molecular flexibility index (Phi) is 14.4. The summed E-state index contributed by atoms with van der Waals surface area (Å²) in [6.07, 6.45) is 0.449. The van der Waals surface area contributed by atoms with E-state index in [-0.39, 0.29) is 31.4 Å². The first-order valence-corrected chi connectivity index (χ1v) is 14.5. The molecule has 234 valence electrons. The van der Waals surface area contributed by atoms with Crippen LogP contribution in [0.5, 0.6) is 0 Å². The number of aliphatic imine (C=N–C) groups is 1. The van der Waals surface area contributed by atoms with E-state index in [0.29, 0.717) is 6.54 Å². The first-order valence-electron chi connectivity index (χ1n) is 12.9. The summed E-state index contributed by atoms with van der Waals surface area (Å²) in [5, 5.41) is 19.1. The van der Waals surface area contributed by atoms with Gasteiger partial charge in [-0.05, 0) is 39.5 Å². The molecule has 5 atom stereocenters. The second-order valence-corrected chi connectivity index (χ2v) is 11.1. The molecule has 1 saturated heterocycles. The van der Waals surface area contributed by atoms with Crippen LogP contribution < -0.4 is 38.5 Å². The minimum Gasteiger partial charge on any atom is -0.391 e. The van der Waals surface area contributed by atoms with E-state index >= 15 is 0 Å². The molecule has 0 bridgehead atoms. The van der Waals surface area contributed by atoms with Crippen molar-refractivity contribution in [1.82, 2.24) is 26.2 Å². The van der Waals surface area contributed by atoms with Gasteiger partial charge in [0.2, 0.25) is 29.5 Å². The van der Waals surface area contributed by atoms with Crippen LogP contribution in [-0.4, -0.2) is 121 Å². The van der Waals surface area contributed by atoms with Gasteiger partial charge in [-0.25, -0.2) is 0 Å². The van der Waals surface area contributed by atoms with Gasteiger partial charge in [0.05, 0.1) is 19.2 Å². The molecule has 1 aliphatic heterocycles. The summed E-state index contributed by atoms with van der Waals surface area (Å²) in [6.45, 7) is 2.47. The lowest BCUT2D eigenvalue weighted by molar-refractivity contribution is -0.140. The summed E-state index contributed by atoms with van der Waals surface area (Å²) in [7, 11) is -4.80. The van der Waals surface area contributed by atoms with Crippen molar-refractivity contribution in [3.8, 4) is 0 Å². The molecule has 5 amide bonds. The maximum absolute atomic E-state index is 12.9. The Balaban J connectivity index is 2.90. The number of likely N-dealkylation sites (tertiary alicyclic amines) is 1. The number of nitrogens with zero attached hydrogens (tertiary/aromatic N) is 2. The van der Waals surface area contributed by atoms with E-state index in [1.54, 1.807) is 6.92 Å². The molecule has 0 radical (unpaired) electrons. The molecule has 12 N–H and O–H groups in total. The predicted molar refractivity (Wildman–Crippen MR) is 146 cm³/mol. The number of rotatable bonds is 16. The molecule has 41 heavy (non-hydrogen) atoms. The quantitative estimate of drug-likeness (QED) is 0.0344.